The Kier molecular flexibility index (Phi) is 4.57. The van der Waals surface area contributed by atoms with Gasteiger partial charge < -0.3 is 14.6 Å². The van der Waals surface area contributed by atoms with Crippen molar-refractivity contribution in [3.8, 4) is 17.0 Å². The lowest BCUT2D eigenvalue weighted by molar-refractivity contribution is 0.0690. The second-order valence-corrected chi connectivity index (χ2v) is 5.73. The topological polar surface area (TPSA) is 68.7 Å². The standard InChI is InChI=1S/C18H19NO4/c1-12-2-7-16(18(20)21)19-17(12)14-3-5-15(6-4-14)23-11-13-8-9-22-10-13/h2-7,13H,8-11H2,1H3,(H,20,21). The third kappa shape index (κ3) is 3.68. The van der Waals surface area contributed by atoms with Crippen molar-refractivity contribution in [2.24, 2.45) is 5.92 Å². The van der Waals surface area contributed by atoms with E-state index in [2.05, 4.69) is 4.98 Å². The van der Waals surface area contributed by atoms with E-state index in [1.807, 2.05) is 31.2 Å². The van der Waals surface area contributed by atoms with Crippen LogP contribution in [0.3, 0.4) is 0 Å². The normalized spacial score (nSPS) is 17.2. The molecule has 0 radical (unpaired) electrons. The SMILES string of the molecule is Cc1ccc(C(=O)O)nc1-c1ccc(OCC2CCOC2)cc1. The van der Waals surface area contributed by atoms with Crippen LogP contribution in [0, 0.1) is 12.8 Å². The van der Waals surface area contributed by atoms with E-state index in [9.17, 15) is 4.79 Å². The number of aromatic carboxylic acids is 1. The van der Waals surface area contributed by atoms with E-state index in [4.69, 9.17) is 14.6 Å². The smallest absolute Gasteiger partial charge is 0.354 e. The molecule has 2 aromatic rings. The van der Waals surface area contributed by atoms with Crippen molar-refractivity contribution in [3.05, 3.63) is 47.7 Å². The van der Waals surface area contributed by atoms with Crippen molar-refractivity contribution in [1.82, 2.24) is 4.98 Å². The Hall–Kier alpha value is -2.40. The Labute approximate surface area is 134 Å². The first kappa shape index (κ1) is 15.5. The summed E-state index contributed by atoms with van der Waals surface area (Å²) in [5.74, 6) is 0.239. The van der Waals surface area contributed by atoms with Gasteiger partial charge in [0.05, 0.1) is 18.9 Å². The van der Waals surface area contributed by atoms with Gasteiger partial charge in [-0.2, -0.15) is 0 Å². The van der Waals surface area contributed by atoms with Crippen LogP contribution in [0.15, 0.2) is 36.4 Å². The molecule has 0 amide bonds. The number of carbonyl (C=O) groups is 1. The Morgan fingerprint density at radius 1 is 1.30 bits per heavy atom. The number of aromatic nitrogens is 1. The van der Waals surface area contributed by atoms with E-state index < -0.39 is 5.97 Å². The van der Waals surface area contributed by atoms with Crippen molar-refractivity contribution in [3.63, 3.8) is 0 Å². The van der Waals surface area contributed by atoms with Crippen LogP contribution in [0.5, 0.6) is 5.75 Å². The fraction of sp³-hybridized carbons (Fsp3) is 0.333. The molecule has 1 saturated heterocycles. The molecular weight excluding hydrogens is 294 g/mol. The Bertz CT molecular complexity index is 691. The van der Waals surface area contributed by atoms with Crippen molar-refractivity contribution in [2.45, 2.75) is 13.3 Å². The summed E-state index contributed by atoms with van der Waals surface area (Å²) >= 11 is 0. The number of hydrogen-bond acceptors (Lipinski definition) is 4. The maximum absolute atomic E-state index is 11.1. The molecule has 1 aromatic carbocycles. The monoisotopic (exact) mass is 313 g/mol. The van der Waals surface area contributed by atoms with Crippen LogP contribution >= 0.6 is 0 Å². The minimum atomic E-state index is -1.02. The third-order valence-corrected chi connectivity index (χ3v) is 3.95. The zero-order valence-corrected chi connectivity index (χ0v) is 13.0. The summed E-state index contributed by atoms with van der Waals surface area (Å²) in [6, 6.07) is 10.9. The number of nitrogens with zero attached hydrogens (tertiary/aromatic N) is 1. The predicted molar refractivity (Wildman–Crippen MR) is 85.8 cm³/mol. The number of carboxylic acids is 1. The van der Waals surface area contributed by atoms with Gasteiger partial charge in [-0.1, -0.05) is 6.07 Å². The Balaban J connectivity index is 1.73. The maximum Gasteiger partial charge on any atom is 0.354 e. The molecule has 1 atom stereocenters. The lowest BCUT2D eigenvalue weighted by Crippen LogP contribution is -2.11. The van der Waals surface area contributed by atoms with E-state index in [0.717, 1.165) is 36.5 Å². The number of rotatable bonds is 5. The molecule has 0 saturated carbocycles. The molecule has 1 fully saturated rings. The lowest BCUT2D eigenvalue weighted by atomic mass is 10.1. The van der Waals surface area contributed by atoms with Crippen LogP contribution in [0.2, 0.25) is 0 Å². The van der Waals surface area contributed by atoms with Gasteiger partial charge in [0.25, 0.3) is 0 Å². The molecule has 1 N–H and O–H groups in total. The van der Waals surface area contributed by atoms with Crippen LogP contribution in [0.4, 0.5) is 0 Å². The molecule has 5 nitrogen and oxygen atoms in total. The number of benzene rings is 1. The van der Waals surface area contributed by atoms with Crippen LogP contribution in [0.25, 0.3) is 11.3 Å². The van der Waals surface area contributed by atoms with Gasteiger partial charge in [0.15, 0.2) is 0 Å². The molecular formula is C18H19NO4. The second-order valence-electron chi connectivity index (χ2n) is 5.73. The first-order valence-corrected chi connectivity index (χ1v) is 7.65. The lowest BCUT2D eigenvalue weighted by Gasteiger charge is -2.11. The van der Waals surface area contributed by atoms with Crippen molar-refractivity contribution >= 4 is 5.97 Å². The summed E-state index contributed by atoms with van der Waals surface area (Å²) in [6.45, 7) is 4.16. The molecule has 120 valence electrons. The first-order chi connectivity index (χ1) is 11.1. The van der Waals surface area contributed by atoms with Crippen LogP contribution in [0.1, 0.15) is 22.5 Å². The van der Waals surface area contributed by atoms with Gasteiger partial charge in [0, 0.05) is 18.1 Å². The largest absolute Gasteiger partial charge is 0.493 e. The Morgan fingerprint density at radius 2 is 2.09 bits per heavy atom. The molecule has 5 heteroatoms. The van der Waals surface area contributed by atoms with Gasteiger partial charge >= 0.3 is 5.97 Å². The highest BCUT2D eigenvalue weighted by Crippen LogP contribution is 2.25. The zero-order valence-electron chi connectivity index (χ0n) is 13.0. The molecule has 1 aliphatic rings. The summed E-state index contributed by atoms with van der Waals surface area (Å²) in [5, 5.41) is 9.07. The highest BCUT2D eigenvalue weighted by atomic mass is 16.5. The van der Waals surface area contributed by atoms with E-state index in [1.165, 1.54) is 6.07 Å². The van der Waals surface area contributed by atoms with E-state index >= 15 is 0 Å². The minimum Gasteiger partial charge on any atom is -0.493 e. The second kappa shape index (κ2) is 6.79. The highest BCUT2D eigenvalue weighted by Gasteiger charge is 2.16. The van der Waals surface area contributed by atoms with Gasteiger partial charge in [-0.05, 0) is 49.2 Å². The number of aryl methyl sites for hydroxylation is 1. The molecule has 23 heavy (non-hydrogen) atoms. The highest BCUT2D eigenvalue weighted by molar-refractivity contribution is 5.86. The molecule has 2 heterocycles. The van der Waals surface area contributed by atoms with E-state index in [0.29, 0.717) is 18.2 Å². The zero-order chi connectivity index (χ0) is 16.2. The van der Waals surface area contributed by atoms with Crippen LogP contribution < -0.4 is 4.74 Å². The Morgan fingerprint density at radius 3 is 2.74 bits per heavy atom. The molecule has 1 unspecified atom stereocenters. The van der Waals surface area contributed by atoms with Gasteiger partial charge in [-0.3, -0.25) is 0 Å². The summed E-state index contributed by atoms with van der Waals surface area (Å²) in [7, 11) is 0. The van der Waals surface area contributed by atoms with E-state index in [-0.39, 0.29) is 5.69 Å². The van der Waals surface area contributed by atoms with E-state index in [1.54, 1.807) is 6.07 Å². The average Bonchev–Trinajstić information content (AvgIpc) is 3.07. The maximum atomic E-state index is 11.1. The van der Waals surface area contributed by atoms with Gasteiger partial charge in [0.2, 0.25) is 0 Å². The first-order valence-electron chi connectivity index (χ1n) is 7.65. The molecule has 0 spiro atoms. The van der Waals surface area contributed by atoms with Crippen molar-refractivity contribution < 1.29 is 19.4 Å². The molecule has 1 aromatic heterocycles. The predicted octanol–water partition coefficient (Wildman–Crippen LogP) is 3.17. The van der Waals surface area contributed by atoms with Gasteiger partial charge in [-0.15, -0.1) is 0 Å². The molecule has 0 aliphatic carbocycles. The summed E-state index contributed by atoms with van der Waals surface area (Å²) in [6.07, 6.45) is 1.04. The fourth-order valence-corrected chi connectivity index (χ4v) is 2.58. The summed E-state index contributed by atoms with van der Waals surface area (Å²) in [4.78, 5) is 15.3. The molecule has 1 aliphatic heterocycles. The van der Waals surface area contributed by atoms with Crippen LogP contribution in [-0.2, 0) is 4.74 Å². The van der Waals surface area contributed by atoms with Gasteiger partial charge in [-0.25, -0.2) is 9.78 Å². The fourth-order valence-electron chi connectivity index (χ4n) is 2.58. The number of carboxylic acid groups (broad SMARTS) is 1. The molecule has 0 bridgehead atoms. The summed E-state index contributed by atoms with van der Waals surface area (Å²) in [5.41, 5.74) is 2.54. The number of hydrogen-bond donors (Lipinski definition) is 1. The van der Waals surface area contributed by atoms with Crippen molar-refractivity contribution in [1.29, 1.82) is 0 Å². The average molecular weight is 313 g/mol. The number of ether oxygens (including phenoxy) is 2. The van der Waals surface area contributed by atoms with Gasteiger partial charge in [0.1, 0.15) is 11.4 Å². The van der Waals surface area contributed by atoms with Crippen molar-refractivity contribution in [2.75, 3.05) is 19.8 Å². The minimum absolute atomic E-state index is 0.0483. The quantitative estimate of drug-likeness (QED) is 0.918. The summed E-state index contributed by atoms with van der Waals surface area (Å²) < 4.78 is 11.1. The van der Waals surface area contributed by atoms with Crippen LogP contribution in [-0.4, -0.2) is 35.9 Å². The number of pyridine rings is 1. The third-order valence-electron chi connectivity index (χ3n) is 3.95. The molecule has 3 rings (SSSR count).